The number of carbonyl (C=O) groups excluding carboxylic acids is 1. The van der Waals surface area contributed by atoms with E-state index >= 15 is 0 Å². The molecular formula is C14H12F3N3OS. The van der Waals surface area contributed by atoms with Crippen molar-refractivity contribution in [3.63, 3.8) is 0 Å². The summed E-state index contributed by atoms with van der Waals surface area (Å²) in [5.41, 5.74) is 0.0943. The maximum atomic E-state index is 12.6. The van der Waals surface area contributed by atoms with Crippen molar-refractivity contribution < 1.29 is 18.0 Å². The number of halogens is 3. The number of nitrogens with zero attached hydrogens (tertiary/aromatic N) is 2. The van der Waals surface area contributed by atoms with E-state index in [4.69, 9.17) is 0 Å². The van der Waals surface area contributed by atoms with Crippen LogP contribution in [0.1, 0.15) is 46.2 Å². The molecule has 4 nitrogen and oxygen atoms in total. The lowest BCUT2D eigenvalue weighted by atomic mass is 10.1. The second-order valence-corrected chi connectivity index (χ2v) is 5.99. The van der Waals surface area contributed by atoms with Crippen LogP contribution in [0.15, 0.2) is 17.5 Å². The Bertz CT molecular complexity index is 722. The second kappa shape index (κ2) is 5.35. The Balaban J connectivity index is 1.76. The summed E-state index contributed by atoms with van der Waals surface area (Å²) in [5.74, 6) is -0.0215. The highest BCUT2D eigenvalue weighted by Crippen LogP contribution is 2.40. The molecule has 0 unspecified atom stereocenters. The minimum Gasteiger partial charge on any atom is -0.298 e. The van der Waals surface area contributed by atoms with E-state index in [1.54, 1.807) is 0 Å². The maximum absolute atomic E-state index is 12.6. The Morgan fingerprint density at radius 3 is 2.64 bits per heavy atom. The molecule has 1 amide bonds. The largest absolute Gasteiger partial charge is 0.433 e. The third kappa shape index (κ3) is 3.11. The normalized spacial score (nSPS) is 14.9. The number of carbonyl (C=O) groups is 1. The summed E-state index contributed by atoms with van der Waals surface area (Å²) < 4.78 is 37.7. The fourth-order valence-corrected chi connectivity index (χ4v) is 2.82. The number of aryl methyl sites for hydroxylation is 1. The molecule has 0 radical (unpaired) electrons. The molecule has 1 fully saturated rings. The Kier molecular flexibility index (Phi) is 3.64. The van der Waals surface area contributed by atoms with Crippen molar-refractivity contribution >= 4 is 22.4 Å². The number of hydrogen-bond donors (Lipinski definition) is 1. The van der Waals surface area contributed by atoms with Gasteiger partial charge in [0.2, 0.25) is 0 Å². The molecule has 1 aliphatic rings. The van der Waals surface area contributed by atoms with E-state index in [-0.39, 0.29) is 11.3 Å². The minimum absolute atomic E-state index is 0.0336. The van der Waals surface area contributed by atoms with E-state index in [0.29, 0.717) is 11.0 Å². The van der Waals surface area contributed by atoms with Gasteiger partial charge in [-0.1, -0.05) is 0 Å². The Morgan fingerprint density at radius 1 is 1.32 bits per heavy atom. The van der Waals surface area contributed by atoms with Gasteiger partial charge in [0.15, 0.2) is 5.13 Å². The van der Waals surface area contributed by atoms with Crippen LogP contribution in [0.3, 0.4) is 0 Å². The van der Waals surface area contributed by atoms with Gasteiger partial charge in [0.05, 0.1) is 17.0 Å². The molecule has 8 heteroatoms. The molecule has 2 aromatic heterocycles. The van der Waals surface area contributed by atoms with Gasteiger partial charge in [0.25, 0.3) is 5.91 Å². The molecular weight excluding hydrogens is 315 g/mol. The Hall–Kier alpha value is -1.96. The van der Waals surface area contributed by atoms with Gasteiger partial charge in [0, 0.05) is 11.3 Å². The van der Waals surface area contributed by atoms with Crippen molar-refractivity contribution in [2.45, 2.75) is 31.9 Å². The predicted octanol–water partition coefficient (Wildman–Crippen LogP) is 4.00. The van der Waals surface area contributed by atoms with Crippen molar-refractivity contribution in [3.05, 3.63) is 40.2 Å². The fraction of sp³-hybridized carbons (Fsp3) is 0.357. The smallest absolute Gasteiger partial charge is 0.298 e. The number of rotatable bonds is 3. The molecule has 0 bridgehead atoms. The molecule has 2 heterocycles. The molecule has 1 saturated carbocycles. The number of thiazole rings is 1. The van der Waals surface area contributed by atoms with Gasteiger partial charge in [-0.15, -0.1) is 11.3 Å². The lowest BCUT2D eigenvalue weighted by molar-refractivity contribution is -0.141. The number of nitrogens with one attached hydrogen (secondary N) is 1. The Morgan fingerprint density at radius 2 is 2.05 bits per heavy atom. The van der Waals surface area contributed by atoms with Crippen molar-refractivity contribution in [3.8, 4) is 0 Å². The summed E-state index contributed by atoms with van der Waals surface area (Å²) in [5, 5.41) is 4.95. The summed E-state index contributed by atoms with van der Waals surface area (Å²) in [4.78, 5) is 19.9. The summed E-state index contributed by atoms with van der Waals surface area (Å²) in [6.45, 7) is 1.38. The molecule has 1 aliphatic carbocycles. The molecule has 2 aromatic rings. The van der Waals surface area contributed by atoms with Crippen molar-refractivity contribution in [2.75, 3.05) is 5.32 Å². The van der Waals surface area contributed by atoms with Gasteiger partial charge in [-0.3, -0.25) is 10.1 Å². The highest BCUT2D eigenvalue weighted by atomic mass is 32.1. The van der Waals surface area contributed by atoms with Crippen LogP contribution in [-0.2, 0) is 6.18 Å². The monoisotopic (exact) mass is 327 g/mol. The van der Waals surface area contributed by atoms with Gasteiger partial charge in [0.1, 0.15) is 5.69 Å². The molecule has 22 heavy (non-hydrogen) atoms. The topological polar surface area (TPSA) is 54.9 Å². The summed E-state index contributed by atoms with van der Waals surface area (Å²) in [6.07, 6.45) is -2.30. The second-order valence-electron chi connectivity index (χ2n) is 5.13. The summed E-state index contributed by atoms with van der Waals surface area (Å²) in [7, 11) is 0. The number of anilines is 1. The van der Waals surface area contributed by atoms with Crippen LogP contribution >= 0.6 is 11.3 Å². The molecule has 0 aromatic carbocycles. The standard InChI is InChI=1S/C14H12F3N3OS/c1-7-9(4-5-11(18-7)14(15,16)17)12(21)20-13-19-10(6-22-13)8-2-3-8/h4-6,8H,2-3H2,1H3,(H,19,20,21). The number of alkyl halides is 3. The van der Waals surface area contributed by atoms with Crippen LogP contribution in [0.2, 0.25) is 0 Å². The first-order valence-electron chi connectivity index (χ1n) is 6.66. The first kappa shape index (κ1) is 15.0. The third-order valence-corrected chi connectivity index (χ3v) is 4.13. The summed E-state index contributed by atoms with van der Waals surface area (Å²) in [6, 6.07) is 1.94. The van der Waals surface area contributed by atoms with Crippen LogP contribution < -0.4 is 5.32 Å². The Labute approximate surface area is 128 Å². The molecule has 0 aliphatic heterocycles. The zero-order valence-corrected chi connectivity index (χ0v) is 12.4. The molecule has 0 atom stereocenters. The zero-order valence-electron chi connectivity index (χ0n) is 11.6. The fourth-order valence-electron chi connectivity index (χ4n) is 2.03. The predicted molar refractivity (Wildman–Crippen MR) is 76.0 cm³/mol. The number of hydrogen-bond acceptors (Lipinski definition) is 4. The third-order valence-electron chi connectivity index (χ3n) is 3.36. The van der Waals surface area contributed by atoms with E-state index in [2.05, 4.69) is 15.3 Å². The van der Waals surface area contributed by atoms with Crippen molar-refractivity contribution in [1.82, 2.24) is 9.97 Å². The molecule has 1 N–H and O–H groups in total. The lowest BCUT2D eigenvalue weighted by Crippen LogP contribution is -2.16. The van der Waals surface area contributed by atoms with Crippen LogP contribution in [-0.4, -0.2) is 15.9 Å². The quantitative estimate of drug-likeness (QED) is 0.927. The number of amides is 1. The van der Waals surface area contributed by atoms with Crippen molar-refractivity contribution in [2.24, 2.45) is 0 Å². The van der Waals surface area contributed by atoms with Gasteiger partial charge < -0.3 is 0 Å². The number of aromatic nitrogens is 2. The van der Waals surface area contributed by atoms with E-state index < -0.39 is 17.8 Å². The first-order chi connectivity index (χ1) is 10.3. The average molecular weight is 327 g/mol. The van der Waals surface area contributed by atoms with E-state index in [9.17, 15) is 18.0 Å². The maximum Gasteiger partial charge on any atom is 0.433 e. The van der Waals surface area contributed by atoms with Gasteiger partial charge in [-0.2, -0.15) is 13.2 Å². The summed E-state index contributed by atoms with van der Waals surface area (Å²) >= 11 is 1.31. The molecule has 0 saturated heterocycles. The van der Waals surface area contributed by atoms with E-state index in [1.807, 2.05) is 5.38 Å². The van der Waals surface area contributed by atoms with Crippen LogP contribution in [0.4, 0.5) is 18.3 Å². The van der Waals surface area contributed by atoms with E-state index in [1.165, 1.54) is 18.3 Å². The van der Waals surface area contributed by atoms with Gasteiger partial charge in [-0.05, 0) is 31.9 Å². The molecule has 3 rings (SSSR count). The van der Waals surface area contributed by atoms with Crippen LogP contribution in [0, 0.1) is 6.92 Å². The highest BCUT2D eigenvalue weighted by molar-refractivity contribution is 7.14. The van der Waals surface area contributed by atoms with E-state index in [0.717, 1.165) is 30.7 Å². The molecule has 0 spiro atoms. The van der Waals surface area contributed by atoms with Crippen molar-refractivity contribution in [1.29, 1.82) is 0 Å². The lowest BCUT2D eigenvalue weighted by Gasteiger charge is -2.09. The average Bonchev–Trinajstić information content (AvgIpc) is 3.18. The highest BCUT2D eigenvalue weighted by Gasteiger charge is 2.33. The SMILES string of the molecule is Cc1nc(C(F)(F)F)ccc1C(=O)Nc1nc(C2CC2)cs1. The first-order valence-corrected chi connectivity index (χ1v) is 7.54. The minimum atomic E-state index is -4.52. The molecule has 116 valence electrons. The van der Waals surface area contributed by atoms with Crippen LogP contribution in [0.25, 0.3) is 0 Å². The van der Waals surface area contributed by atoms with Gasteiger partial charge in [-0.25, -0.2) is 9.97 Å². The van der Waals surface area contributed by atoms with Gasteiger partial charge >= 0.3 is 6.18 Å². The van der Waals surface area contributed by atoms with Crippen LogP contribution in [0.5, 0.6) is 0 Å². The number of pyridine rings is 1. The zero-order chi connectivity index (χ0) is 15.9.